The summed E-state index contributed by atoms with van der Waals surface area (Å²) >= 11 is 0. The van der Waals surface area contributed by atoms with Crippen LogP contribution in [0.25, 0.3) is 0 Å². The molecule has 1 aromatic carbocycles. The number of hydrogen-bond acceptors (Lipinski definition) is 4. The zero-order chi connectivity index (χ0) is 13.8. The van der Waals surface area contributed by atoms with E-state index in [1.54, 1.807) is 7.11 Å². The molecular weight excluding hydrogens is 242 g/mol. The number of methoxy groups -OCH3 is 1. The molecule has 0 saturated heterocycles. The van der Waals surface area contributed by atoms with Crippen LogP contribution in [-0.2, 0) is 0 Å². The zero-order valence-corrected chi connectivity index (χ0v) is 11.8. The first kappa shape index (κ1) is 14.2. The van der Waals surface area contributed by atoms with Crippen LogP contribution < -0.4 is 14.8 Å². The number of aliphatic hydroxyl groups is 1. The van der Waals surface area contributed by atoms with Crippen molar-refractivity contribution >= 4 is 0 Å². The molecule has 0 spiro atoms. The normalized spacial score (nSPS) is 19.7. The molecule has 19 heavy (non-hydrogen) atoms. The summed E-state index contributed by atoms with van der Waals surface area (Å²) in [6.45, 7) is 5.07. The Hall–Kier alpha value is -1.26. The third kappa shape index (κ3) is 3.19. The summed E-state index contributed by atoms with van der Waals surface area (Å²) < 4.78 is 10.9. The van der Waals surface area contributed by atoms with Crippen molar-refractivity contribution in [3.8, 4) is 11.5 Å². The molecule has 1 aromatic rings. The first-order valence-corrected chi connectivity index (χ1v) is 6.83. The van der Waals surface area contributed by atoms with Crippen molar-refractivity contribution in [3.63, 3.8) is 0 Å². The van der Waals surface area contributed by atoms with Crippen LogP contribution in [-0.4, -0.2) is 31.5 Å². The lowest BCUT2D eigenvalue weighted by molar-refractivity contribution is 0.178. The molecule has 1 heterocycles. The van der Waals surface area contributed by atoms with Crippen molar-refractivity contribution in [2.24, 2.45) is 5.92 Å². The van der Waals surface area contributed by atoms with Crippen molar-refractivity contribution in [1.29, 1.82) is 0 Å². The van der Waals surface area contributed by atoms with Gasteiger partial charge in [0.05, 0.1) is 20.3 Å². The van der Waals surface area contributed by atoms with Gasteiger partial charge in [0.2, 0.25) is 0 Å². The van der Waals surface area contributed by atoms with Gasteiger partial charge in [-0.05, 0) is 24.1 Å². The van der Waals surface area contributed by atoms with Crippen LogP contribution in [0.3, 0.4) is 0 Å². The molecule has 0 radical (unpaired) electrons. The summed E-state index contributed by atoms with van der Waals surface area (Å²) in [7, 11) is 1.67. The van der Waals surface area contributed by atoms with E-state index >= 15 is 0 Å². The highest BCUT2D eigenvalue weighted by atomic mass is 16.5. The Morgan fingerprint density at radius 1 is 1.47 bits per heavy atom. The van der Waals surface area contributed by atoms with Gasteiger partial charge in [-0.3, -0.25) is 0 Å². The molecule has 2 N–H and O–H groups in total. The molecule has 0 aromatic heterocycles. The fourth-order valence-corrected chi connectivity index (χ4v) is 2.39. The summed E-state index contributed by atoms with van der Waals surface area (Å²) in [4.78, 5) is 0. The Labute approximate surface area is 114 Å². The van der Waals surface area contributed by atoms with Gasteiger partial charge in [-0.25, -0.2) is 0 Å². The van der Waals surface area contributed by atoms with Crippen molar-refractivity contribution in [2.75, 3.05) is 20.3 Å². The van der Waals surface area contributed by atoms with Crippen molar-refractivity contribution < 1.29 is 14.6 Å². The van der Waals surface area contributed by atoms with E-state index in [2.05, 4.69) is 19.2 Å². The fourth-order valence-electron chi connectivity index (χ4n) is 2.39. The molecule has 1 unspecified atom stereocenters. The van der Waals surface area contributed by atoms with E-state index in [0.29, 0.717) is 12.5 Å². The number of aliphatic hydroxyl groups excluding tert-OH is 1. The third-order valence-electron chi connectivity index (χ3n) is 3.67. The van der Waals surface area contributed by atoms with Crippen LogP contribution in [0.15, 0.2) is 18.2 Å². The fraction of sp³-hybridized carbons (Fsp3) is 0.600. The largest absolute Gasteiger partial charge is 0.497 e. The van der Waals surface area contributed by atoms with E-state index in [-0.39, 0.29) is 18.7 Å². The zero-order valence-electron chi connectivity index (χ0n) is 11.8. The Morgan fingerprint density at radius 3 is 2.89 bits per heavy atom. The first-order chi connectivity index (χ1) is 9.15. The minimum atomic E-state index is 0.0992. The average Bonchev–Trinajstić information content (AvgIpc) is 2.43. The second-order valence-electron chi connectivity index (χ2n) is 5.29. The van der Waals surface area contributed by atoms with E-state index in [1.165, 1.54) is 0 Å². The van der Waals surface area contributed by atoms with E-state index in [0.717, 1.165) is 23.5 Å². The van der Waals surface area contributed by atoms with Gasteiger partial charge in [-0.1, -0.05) is 13.8 Å². The number of hydrogen-bond donors (Lipinski definition) is 2. The molecule has 1 aliphatic rings. The SMILES string of the molecule is COc1ccc2c(c1)C(N[C@H](CO)C(C)C)CCO2. The average molecular weight is 265 g/mol. The summed E-state index contributed by atoms with van der Waals surface area (Å²) in [5, 5.41) is 13.0. The summed E-state index contributed by atoms with van der Waals surface area (Å²) in [6.07, 6.45) is 0.906. The van der Waals surface area contributed by atoms with Crippen LogP contribution in [0.4, 0.5) is 0 Å². The second kappa shape index (κ2) is 6.26. The summed E-state index contributed by atoms with van der Waals surface area (Å²) in [5.74, 6) is 2.13. The molecule has 4 heteroatoms. The molecule has 4 nitrogen and oxygen atoms in total. The molecule has 0 fully saturated rings. The number of benzene rings is 1. The molecule has 0 saturated carbocycles. The molecule has 0 bridgehead atoms. The lowest BCUT2D eigenvalue weighted by atomic mass is 9.97. The Bertz CT molecular complexity index is 420. The van der Waals surface area contributed by atoms with Crippen LogP contribution >= 0.6 is 0 Å². The van der Waals surface area contributed by atoms with Gasteiger partial charge in [0.1, 0.15) is 11.5 Å². The highest BCUT2D eigenvalue weighted by Gasteiger charge is 2.25. The molecule has 2 rings (SSSR count). The van der Waals surface area contributed by atoms with E-state index < -0.39 is 0 Å². The molecule has 1 aliphatic heterocycles. The molecule has 0 amide bonds. The van der Waals surface area contributed by atoms with Crippen molar-refractivity contribution in [2.45, 2.75) is 32.4 Å². The maximum atomic E-state index is 9.46. The van der Waals surface area contributed by atoms with Crippen molar-refractivity contribution in [3.05, 3.63) is 23.8 Å². The standard InChI is InChI=1S/C15H23NO3/c1-10(2)14(9-17)16-13-6-7-19-15-5-4-11(18-3)8-12(13)15/h4-5,8,10,13-14,16-17H,6-7,9H2,1-3H3/t13?,14-/m1/s1. The quantitative estimate of drug-likeness (QED) is 0.856. The minimum absolute atomic E-state index is 0.0992. The number of nitrogens with one attached hydrogen (secondary N) is 1. The Kier molecular flexibility index (Phi) is 4.66. The van der Waals surface area contributed by atoms with Crippen LogP contribution in [0.5, 0.6) is 11.5 Å². The van der Waals surface area contributed by atoms with Gasteiger partial charge in [-0.15, -0.1) is 0 Å². The maximum Gasteiger partial charge on any atom is 0.124 e. The molecule has 0 aliphatic carbocycles. The van der Waals surface area contributed by atoms with Crippen LogP contribution in [0.1, 0.15) is 31.9 Å². The molecule has 2 atom stereocenters. The smallest absolute Gasteiger partial charge is 0.124 e. The van der Waals surface area contributed by atoms with Crippen LogP contribution in [0, 0.1) is 5.92 Å². The van der Waals surface area contributed by atoms with Crippen molar-refractivity contribution in [1.82, 2.24) is 5.32 Å². The van der Waals surface area contributed by atoms with Gasteiger partial charge in [0.25, 0.3) is 0 Å². The third-order valence-corrected chi connectivity index (χ3v) is 3.67. The maximum absolute atomic E-state index is 9.46. The van der Waals surface area contributed by atoms with Crippen LogP contribution in [0.2, 0.25) is 0 Å². The van der Waals surface area contributed by atoms with E-state index in [9.17, 15) is 5.11 Å². The molecular formula is C15H23NO3. The predicted molar refractivity (Wildman–Crippen MR) is 74.7 cm³/mol. The lowest BCUT2D eigenvalue weighted by Crippen LogP contribution is -2.41. The number of ether oxygens (including phenoxy) is 2. The minimum Gasteiger partial charge on any atom is -0.497 e. The highest BCUT2D eigenvalue weighted by Crippen LogP contribution is 2.35. The van der Waals surface area contributed by atoms with Gasteiger partial charge >= 0.3 is 0 Å². The molecule has 106 valence electrons. The van der Waals surface area contributed by atoms with Gasteiger partial charge in [0.15, 0.2) is 0 Å². The predicted octanol–water partition coefficient (Wildman–Crippen LogP) is 2.13. The lowest BCUT2D eigenvalue weighted by Gasteiger charge is -2.31. The Morgan fingerprint density at radius 2 is 2.26 bits per heavy atom. The highest BCUT2D eigenvalue weighted by molar-refractivity contribution is 5.43. The second-order valence-corrected chi connectivity index (χ2v) is 5.29. The topological polar surface area (TPSA) is 50.7 Å². The Balaban J connectivity index is 2.20. The number of rotatable bonds is 5. The first-order valence-electron chi connectivity index (χ1n) is 6.83. The van der Waals surface area contributed by atoms with Gasteiger partial charge < -0.3 is 19.9 Å². The van der Waals surface area contributed by atoms with Gasteiger partial charge in [-0.2, -0.15) is 0 Å². The van der Waals surface area contributed by atoms with Gasteiger partial charge in [0, 0.05) is 24.1 Å². The monoisotopic (exact) mass is 265 g/mol. The summed E-state index contributed by atoms with van der Waals surface area (Å²) in [6, 6.07) is 6.18. The van der Waals surface area contributed by atoms with E-state index in [1.807, 2.05) is 18.2 Å². The number of fused-ring (bicyclic) bond motifs is 1. The van der Waals surface area contributed by atoms with E-state index in [4.69, 9.17) is 9.47 Å². The summed E-state index contributed by atoms with van der Waals surface area (Å²) in [5.41, 5.74) is 1.12.